The molecule has 1 N–H and O–H groups in total. The quantitative estimate of drug-likeness (QED) is 0.513. The molecule has 2 rings (SSSR count). The molecule has 2 heterocycles. The molecule has 0 aliphatic carbocycles. The van der Waals surface area contributed by atoms with Crippen LogP contribution >= 0.6 is 23.4 Å². The van der Waals surface area contributed by atoms with Gasteiger partial charge in [-0.2, -0.15) is 0 Å². The van der Waals surface area contributed by atoms with E-state index >= 15 is 0 Å². The van der Waals surface area contributed by atoms with Crippen molar-refractivity contribution in [2.45, 2.75) is 24.9 Å². The molecule has 0 amide bonds. The third-order valence-electron chi connectivity index (χ3n) is 2.71. The van der Waals surface area contributed by atoms with E-state index in [0.29, 0.717) is 5.15 Å². The summed E-state index contributed by atoms with van der Waals surface area (Å²) in [6, 6.07) is 1.79. The van der Waals surface area contributed by atoms with E-state index < -0.39 is 0 Å². The van der Waals surface area contributed by atoms with Crippen LogP contribution in [0.2, 0.25) is 5.15 Å². The monoisotopic (exact) mass is 257 g/mol. The van der Waals surface area contributed by atoms with Crippen LogP contribution in [0.25, 0.3) is 0 Å². The standard InChI is InChI=1S/C11H16ClN3S/c1-8-6-10(12)15-11(14-8)16-7-9-2-4-13-5-3-9/h6,9,13H,2-5,7H2,1H3. The molecular formula is C11H16ClN3S. The zero-order valence-corrected chi connectivity index (χ0v) is 10.9. The van der Waals surface area contributed by atoms with E-state index in [2.05, 4.69) is 15.3 Å². The predicted molar refractivity (Wildman–Crippen MR) is 68.1 cm³/mol. The summed E-state index contributed by atoms with van der Waals surface area (Å²) in [5.74, 6) is 1.88. The first-order valence-corrected chi connectivity index (χ1v) is 6.95. The largest absolute Gasteiger partial charge is 0.317 e. The summed E-state index contributed by atoms with van der Waals surface area (Å²) in [7, 11) is 0. The molecule has 1 fully saturated rings. The van der Waals surface area contributed by atoms with Gasteiger partial charge in [-0.3, -0.25) is 0 Å². The molecule has 0 atom stereocenters. The number of nitrogens with zero attached hydrogens (tertiary/aromatic N) is 2. The third kappa shape index (κ3) is 3.61. The molecule has 3 nitrogen and oxygen atoms in total. The number of piperidine rings is 1. The molecule has 0 unspecified atom stereocenters. The van der Waals surface area contributed by atoms with E-state index in [0.717, 1.165) is 35.6 Å². The lowest BCUT2D eigenvalue weighted by atomic mass is 10.0. The number of nitrogens with one attached hydrogen (secondary N) is 1. The molecule has 0 aromatic carbocycles. The number of aromatic nitrogens is 2. The van der Waals surface area contributed by atoms with E-state index in [-0.39, 0.29) is 0 Å². The van der Waals surface area contributed by atoms with Crippen molar-refractivity contribution >= 4 is 23.4 Å². The maximum atomic E-state index is 5.90. The minimum Gasteiger partial charge on any atom is -0.317 e. The molecule has 0 saturated carbocycles. The van der Waals surface area contributed by atoms with Gasteiger partial charge in [-0.05, 0) is 44.8 Å². The fourth-order valence-corrected chi connectivity index (χ4v) is 3.19. The Kier molecular flexibility index (Phi) is 4.44. The van der Waals surface area contributed by atoms with Crippen LogP contribution in [-0.4, -0.2) is 28.8 Å². The predicted octanol–water partition coefficient (Wildman–Crippen LogP) is 2.53. The van der Waals surface area contributed by atoms with Gasteiger partial charge in [-0.1, -0.05) is 23.4 Å². The van der Waals surface area contributed by atoms with Crippen molar-refractivity contribution in [1.82, 2.24) is 15.3 Å². The molecule has 1 aliphatic heterocycles. The van der Waals surface area contributed by atoms with Gasteiger partial charge < -0.3 is 5.32 Å². The zero-order valence-electron chi connectivity index (χ0n) is 9.37. The number of rotatable bonds is 3. The van der Waals surface area contributed by atoms with Crippen molar-refractivity contribution in [2.24, 2.45) is 5.92 Å². The van der Waals surface area contributed by atoms with Crippen molar-refractivity contribution < 1.29 is 0 Å². The first-order chi connectivity index (χ1) is 7.74. The summed E-state index contributed by atoms with van der Waals surface area (Å²) in [5, 5.41) is 4.72. The number of hydrogen-bond acceptors (Lipinski definition) is 4. The van der Waals surface area contributed by atoms with Gasteiger partial charge in [-0.15, -0.1) is 0 Å². The smallest absolute Gasteiger partial charge is 0.189 e. The Bertz CT molecular complexity index is 333. The molecule has 1 aliphatic rings. The van der Waals surface area contributed by atoms with Gasteiger partial charge in [0.1, 0.15) is 5.15 Å². The summed E-state index contributed by atoms with van der Waals surface area (Å²) >= 11 is 7.62. The lowest BCUT2D eigenvalue weighted by molar-refractivity contribution is 0.407. The summed E-state index contributed by atoms with van der Waals surface area (Å²) in [4.78, 5) is 8.59. The maximum Gasteiger partial charge on any atom is 0.189 e. The average molecular weight is 258 g/mol. The van der Waals surface area contributed by atoms with E-state index in [4.69, 9.17) is 11.6 Å². The molecule has 0 radical (unpaired) electrons. The molecule has 0 spiro atoms. The SMILES string of the molecule is Cc1cc(Cl)nc(SCC2CCNCC2)n1. The van der Waals surface area contributed by atoms with Crippen LogP contribution in [-0.2, 0) is 0 Å². The second-order valence-corrected chi connectivity index (χ2v) is 5.49. The normalized spacial score (nSPS) is 17.6. The first-order valence-electron chi connectivity index (χ1n) is 5.59. The van der Waals surface area contributed by atoms with Gasteiger partial charge in [0.25, 0.3) is 0 Å². The number of hydrogen-bond donors (Lipinski definition) is 1. The van der Waals surface area contributed by atoms with Crippen molar-refractivity contribution in [3.8, 4) is 0 Å². The minimum atomic E-state index is 0.542. The van der Waals surface area contributed by atoms with Gasteiger partial charge in [-0.25, -0.2) is 9.97 Å². The Morgan fingerprint density at radius 3 is 2.88 bits per heavy atom. The fraction of sp³-hybridized carbons (Fsp3) is 0.636. The molecule has 88 valence electrons. The molecule has 5 heteroatoms. The van der Waals surface area contributed by atoms with Gasteiger partial charge in [0.2, 0.25) is 0 Å². The molecular weight excluding hydrogens is 242 g/mol. The van der Waals surface area contributed by atoms with Crippen LogP contribution in [0.3, 0.4) is 0 Å². The highest BCUT2D eigenvalue weighted by Crippen LogP contribution is 2.23. The van der Waals surface area contributed by atoms with Gasteiger partial charge >= 0.3 is 0 Å². The van der Waals surface area contributed by atoms with E-state index in [9.17, 15) is 0 Å². The fourth-order valence-electron chi connectivity index (χ4n) is 1.81. The molecule has 1 saturated heterocycles. The van der Waals surface area contributed by atoms with Crippen LogP contribution < -0.4 is 5.32 Å². The zero-order chi connectivity index (χ0) is 11.4. The van der Waals surface area contributed by atoms with Gasteiger partial charge in [0, 0.05) is 11.4 Å². The summed E-state index contributed by atoms with van der Waals surface area (Å²) in [5.41, 5.74) is 0.938. The topological polar surface area (TPSA) is 37.8 Å². The Morgan fingerprint density at radius 1 is 1.44 bits per heavy atom. The van der Waals surface area contributed by atoms with Gasteiger partial charge in [0.15, 0.2) is 5.16 Å². The Balaban J connectivity index is 1.88. The van der Waals surface area contributed by atoms with Crippen molar-refractivity contribution in [1.29, 1.82) is 0 Å². The lowest BCUT2D eigenvalue weighted by Gasteiger charge is -2.21. The Morgan fingerprint density at radius 2 is 2.19 bits per heavy atom. The van der Waals surface area contributed by atoms with Crippen molar-refractivity contribution in [2.75, 3.05) is 18.8 Å². The average Bonchev–Trinajstić information content (AvgIpc) is 2.27. The van der Waals surface area contributed by atoms with Crippen LogP contribution in [0.4, 0.5) is 0 Å². The van der Waals surface area contributed by atoms with Crippen molar-refractivity contribution in [3.05, 3.63) is 16.9 Å². The third-order valence-corrected chi connectivity index (χ3v) is 3.98. The highest BCUT2D eigenvalue weighted by Gasteiger charge is 2.14. The van der Waals surface area contributed by atoms with E-state index in [1.165, 1.54) is 12.8 Å². The molecule has 1 aromatic rings. The van der Waals surface area contributed by atoms with Crippen LogP contribution in [0.1, 0.15) is 18.5 Å². The highest BCUT2D eigenvalue weighted by atomic mass is 35.5. The van der Waals surface area contributed by atoms with Gasteiger partial charge in [0.05, 0.1) is 0 Å². The van der Waals surface area contributed by atoms with E-state index in [1.807, 2.05) is 6.92 Å². The minimum absolute atomic E-state index is 0.542. The second-order valence-electron chi connectivity index (χ2n) is 4.12. The second kappa shape index (κ2) is 5.84. The molecule has 1 aromatic heterocycles. The molecule has 16 heavy (non-hydrogen) atoms. The number of aryl methyl sites for hydroxylation is 1. The Labute approximate surface area is 105 Å². The molecule has 0 bridgehead atoms. The lowest BCUT2D eigenvalue weighted by Crippen LogP contribution is -2.28. The maximum absolute atomic E-state index is 5.90. The summed E-state index contributed by atoms with van der Waals surface area (Å²) < 4.78 is 0. The van der Waals surface area contributed by atoms with Crippen molar-refractivity contribution in [3.63, 3.8) is 0 Å². The number of thioether (sulfide) groups is 1. The first kappa shape index (κ1) is 12.1. The van der Waals surface area contributed by atoms with Crippen LogP contribution in [0.15, 0.2) is 11.2 Å². The highest BCUT2D eigenvalue weighted by molar-refractivity contribution is 7.99. The van der Waals surface area contributed by atoms with E-state index in [1.54, 1.807) is 17.8 Å². The van der Waals surface area contributed by atoms with Crippen LogP contribution in [0.5, 0.6) is 0 Å². The Hall–Kier alpha value is -0.320. The van der Waals surface area contributed by atoms with Crippen LogP contribution in [0, 0.1) is 12.8 Å². The number of halogens is 1. The summed E-state index contributed by atoms with van der Waals surface area (Å²) in [6.45, 7) is 4.23. The summed E-state index contributed by atoms with van der Waals surface area (Å²) in [6.07, 6.45) is 2.51.